The van der Waals surface area contributed by atoms with Crippen LogP contribution >= 0.6 is 0 Å². The van der Waals surface area contributed by atoms with Gasteiger partial charge in [0, 0.05) is 61.4 Å². The van der Waals surface area contributed by atoms with Gasteiger partial charge in [0.05, 0.1) is 17.9 Å². The van der Waals surface area contributed by atoms with Gasteiger partial charge >= 0.3 is 0 Å². The minimum atomic E-state index is -0.137. The molecule has 1 aliphatic heterocycles. The molecule has 1 amide bonds. The van der Waals surface area contributed by atoms with Gasteiger partial charge in [0.2, 0.25) is 5.91 Å². The average Bonchev–Trinajstić information content (AvgIpc) is 3.68. The average molecular weight is 442 g/mol. The van der Waals surface area contributed by atoms with E-state index in [1.807, 2.05) is 36.2 Å². The highest BCUT2D eigenvalue weighted by Crippen LogP contribution is 2.46. The molecule has 1 saturated carbocycles. The van der Waals surface area contributed by atoms with Crippen molar-refractivity contribution < 1.29 is 9.90 Å². The van der Waals surface area contributed by atoms with Crippen molar-refractivity contribution in [2.24, 2.45) is 0 Å². The number of carbonyl (C=O) groups excluding carboxylic acids is 1. The predicted octanol–water partition coefficient (Wildman–Crippen LogP) is 3.47. The topological polar surface area (TPSA) is 93.4 Å². The Kier molecular flexibility index (Phi) is 5.69. The summed E-state index contributed by atoms with van der Waals surface area (Å²) in [6.45, 7) is 3.66. The zero-order chi connectivity index (χ0) is 22.9. The molecule has 1 atom stereocenters. The maximum absolute atomic E-state index is 12.3. The Morgan fingerprint density at radius 3 is 2.82 bits per heavy atom. The van der Waals surface area contributed by atoms with Crippen molar-refractivity contribution in [3.8, 4) is 17.2 Å². The van der Waals surface area contributed by atoms with Crippen molar-refractivity contribution in [2.45, 2.75) is 38.1 Å². The minimum absolute atomic E-state index is 0.0132. The van der Waals surface area contributed by atoms with Crippen LogP contribution in [0.15, 0.2) is 42.7 Å². The lowest BCUT2D eigenvalue weighted by molar-refractivity contribution is -0.134. The largest absolute Gasteiger partial charge is 0.396 e. The second-order valence-corrected chi connectivity index (χ2v) is 8.94. The highest BCUT2D eigenvalue weighted by Gasteiger charge is 2.33. The van der Waals surface area contributed by atoms with Gasteiger partial charge < -0.3 is 14.9 Å². The van der Waals surface area contributed by atoms with E-state index in [1.165, 1.54) is 0 Å². The van der Waals surface area contributed by atoms with E-state index < -0.39 is 0 Å². The molecule has 2 aromatic heterocycles. The molecule has 3 aromatic rings. The number of pyridine rings is 2. The molecule has 168 valence electrons. The SMILES string of the molecule is CC1CN(c2nc(C3CC3)c(-c3cccc4cnccc34)cc2C#N)CCN1C(=O)CCO. The molecule has 7 nitrogen and oxygen atoms in total. The highest BCUT2D eigenvalue weighted by atomic mass is 16.3. The molecule has 1 aromatic carbocycles. The summed E-state index contributed by atoms with van der Waals surface area (Å²) in [5, 5.41) is 21.3. The van der Waals surface area contributed by atoms with Gasteiger partial charge in [-0.1, -0.05) is 18.2 Å². The highest BCUT2D eigenvalue weighted by molar-refractivity contribution is 5.97. The van der Waals surface area contributed by atoms with Crippen LogP contribution in [0.5, 0.6) is 0 Å². The molecule has 7 heteroatoms. The van der Waals surface area contributed by atoms with Gasteiger partial charge in [0.15, 0.2) is 0 Å². The zero-order valence-electron chi connectivity index (χ0n) is 18.7. The number of fused-ring (bicyclic) bond motifs is 1. The summed E-state index contributed by atoms with van der Waals surface area (Å²) in [4.78, 5) is 25.6. The summed E-state index contributed by atoms with van der Waals surface area (Å²) in [5.41, 5.74) is 3.72. The van der Waals surface area contributed by atoms with E-state index in [9.17, 15) is 10.1 Å². The molecule has 0 bridgehead atoms. The van der Waals surface area contributed by atoms with E-state index >= 15 is 0 Å². The number of rotatable bonds is 5. The van der Waals surface area contributed by atoms with E-state index in [1.54, 1.807) is 6.20 Å². The summed E-state index contributed by atoms with van der Waals surface area (Å²) >= 11 is 0. The maximum Gasteiger partial charge on any atom is 0.225 e. The fraction of sp³-hybridized carbons (Fsp3) is 0.385. The quantitative estimate of drug-likeness (QED) is 0.652. The monoisotopic (exact) mass is 441 g/mol. The Hall–Kier alpha value is -3.50. The zero-order valence-corrected chi connectivity index (χ0v) is 18.7. The van der Waals surface area contributed by atoms with E-state index in [0.29, 0.717) is 36.9 Å². The third-order valence-corrected chi connectivity index (χ3v) is 6.66. The first kappa shape index (κ1) is 21.4. The van der Waals surface area contributed by atoms with E-state index in [4.69, 9.17) is 10.1 Å². The van der Waals surface area contributed by atoms with Crippen LogP contribution in [0.2, 0.25) is 0 Å². The van der Waals surface area contributed by atoms with Gasteiger partial charge in [-0.3, -0.25) is 9.78 Å². The smallest absolute Gasteiger partial charge is 0.225 e. The lowest BCUT2D eigenvalue weighted by Crippen LogP contribution is -2.54. The Bertz CT molecular complexity index is 1240. The lowest BCUT2D eigenvalue weighted by Gasteiger charge is -2.41. The number of aromatic nitrogens is 2. The van der Waals surface area contributed by atoms with Gasteiger partial charge in [0.1, 0.15) is 11.9 Å². The summed E-state index contributed by atoms with van der Waals surface area (Å²) < 4.78 is 0. The maximum atomic E-state index is 12.3. The van der Waals surface area contributed by atoms with Crippen LogP contribution in [0, 0.1) is 11.3 Å². The molecular weight excluding hydrogens is 414 g/mol. The first-order chi connectivity index (χ1) is 16.1. The number of hydrogen-bond acceptors (Lipinski definition) is 6. The van der Waals surface area contributed by atoms with Crippen LogP contribution in [0.25, 0.3) is 21.9 Å². The van der Waals surface area contributed by atoms with Crippen molar-refractivity contribution in [3.05, 3.63) is 54.0 Å². The number of benzene rings is 1. The predicted molar refractivity (Wildman–Crippen MR) is 127 cm³/mol. The summed E-state index contributed by atoms with van der Waals surface area (Å²) in [6, 6.07) is 12.6. The molecule has 1 aliphatic carbocycles. The Morgan fingerprint density at radius 2 is 2.09 bits per heavy atom. The third-order valence-electron chi connectivity index (χ3n) is 6.66. The molecule has 3 heterocycles. The molecule has 2 aliphatic rings. The van der Waals surface area contributed by atoms with Gasteiger partial charge in [-0.05, 0) is 42.8 Å². The van der Waals surface area contributed by atoms with Crippen LogP contribution in [0.4, 0.5) is 5.82 Å². The summed E-state index contributed by atoms with van der Waals surface area (Å²) in [6.07, 6.45) is 6.03. The van der Waals surface area contributed by atoms with E-state index in [-0.39, 0.29) is 25.0 Å². The van der Waals surface area contributed by atoms with Crippen molar-refractivity contribution in [2.75, 3.05) is 31.1 Å². The Labute approximate surface area is 193 Å². The van der Waals surface area contributed by atoms with Crippen molar-refractivity contribution in [1.29, 1.82) is 5.26 Å². The fourth-order valence-electron chi connectivity index (χ4n) is 4.84. The first-order valence-electron chi connectivity index (χ1n) is 11.5. The van der Waals surface area contributed by atoms with E-state index in [0.717, 1.165) is 40.4 Å². The van der Waals surface area contributed by atoms with Crippen LogP contribution in [-0.4, -0.2) is 58.2 Å². The van der Waals surface area contributed by atoms with Crippen molar-refractivity contribution in [1.82, 2.24) is 14.9 Å². The molecule has 0 spiro atoms. The number of hydrogen-bond donors (Lipinski definition) is 1. The number of carbonyl (C=O) groups is 1. The molecule has 1 saturated heterocycles. The number of aliphatic hydroxyl groups is 1. The standard InChI is InChI=1S/C26H27N5O2/c1-17-16-30(10-11-31(17)24(33)8-12-32)26-20(14-27)13-23(25(29-26)18-5-6-18)22-4-2-3-19-15-28-9-7-21(19)22/h2-4,7,9,13,15,17-18,32H,5-6,8,10-12,16H2,1H3. The summed E-state index contributed by atoms with van der Waals surface area (Å²) in [5.74, 6) is 1.09. The Balaban J connectivity index is 1.54. The molecule has 1 unspecified atom stereocenters. The minimum Gasteiger partial charge on any atom is -0.396 e. The number of amides is 1. The van der Waals surface area contributed by atoms with Crippen LogP contribution in [-0.2, 0) is 4.79 Å². The number of aliphatic hydroxyl groups excluding tert-OH is 1. The third kappa shape index (κ3) is 4.03. The number of piperazine rings is 1. The fourth-order valence-corrected chi connectivity index (χ4v) is 4.84. The lowest BCUT2D eigenvalue weighted by atomic mass is 9.95. The summed E-state index contributed by atoms with van der Waals surface area (Å²) in [7, 11) is 0. The number of anilines is 1. The van der Waals surface area contributed by atoms with Gasteiger partial charge in [0.25, 0.3) is 0 Å². The molecule has 5 rings (SSSR count). The normalized spacial score (nSPS) is 18.4. The van der Waals surface area contributed by atoms with E-state index in [2.05, 4.69) is 28.1 Å². The first-order valence-corrected chi connectivity index (χ1v) is 11.5. The van der Waals surface area contributed by atoms with Crippen molar-refractivity contribution >= 4 is 22.5 Å². The molecular formula is C26H27N5O2. The molecule has 2 fully saturated rings. The second-order valence-electron chi connectivity index (χ2n) is 8.94. The molecule has 33 heavy (non-hydrogen) atoms. The second kappa shape index (κ2) is 8.80. The van der Waals surface area contributed by atoms with Crippen LogP contribution < -0.4 is 4.90 Å². The van der Waals surface area contributed by atoms with Gasteiger partial charge in [-0.25, -0.2) is 4.98 Å². The molecule has 1 N–H and O–H groups in total. The number of nitrogens with zero attached hydrogens (tertiary/aromatic N) is 5. The van der Waals surface area contributed by atoms with Crippen LogP contribution in [0.1, 0.15) is 43.4 Å². The molecule has 0 radical (unpaired) electrons. The number of nitriles is 1. The van der Waals surface area contributed by atoms with Gasteiger partial charge in [-0.2, -0.15) is 5.26 Å². The Morgan fingerprint density at radius 1 is 1.24 bits per heavy atom. The van der Waals surface area contributed by atoms with Crippen molar-refractivity contribution in [3.63, 3.8) is 0 Å². The van der Waals surface area contributed by atoms with Crippen LogP contribution in [0.3, 0.4) is 0 Å². The van der Waals surface area contributed by atoms with Gasteiger partial charge in [-0.15, -0.1) is 0 Å².